The summed E-state index contributed by atoms with van der Waals surface area (Å²) in [7, 11) is -7.66. The lowest BCUT2D eigenvalue weighted by atomic mass is 10.5. The van der Waals surface area contributed by atoms with Crippen LogP contribution in [0.15, 0.2) is 0 Å². The summed E-state index contributed by atoms with van der Waals surface area (Å²) in [6, 6.07) is 0.895. The summed E-state index contributed by atoms with van der Waals surface area (Å²) in [5, 5.41) is 7.81. The van der Waals surface area contributed by atoms with E-state index in [-0.39, 0.29) is 6.61 Å². The molecule has 0 aliphatic rings. The zero-order chi connectivity index (χ0) is 19.7. The predicted molar refractivity (Wildman–Crippen MR) is 113 cm³/mol. The second-order valence-electron chi connectivity index (χ2n) is 8.50. The zero-order valence-electron chi connectivity index (χ0n) is 17.4. The van der Waals surface area contributed by atoms with Gasteiger partial charge in [-0.3, -0.25) is 0 Å². The lowest BCUT2D eigenvalue weighted by molar-refractivity contribution is -0.372. The van der Waals surface area contributed by atoms with Gasteiger partial charge in [-0.05, 0) is 65.0 Å². The number of hydrogen-bond donors (Lipinski definition) is 2. The van der Waals surface area contributed by atoms with E-state index in [0.717, 1.165) is 12.5 Å². The molecule has 0 bridgehead atoms. The Hall–Kier alpha value is 0.628. The van der Waals surface area contributed by atoms with E-state index >= 15 is 0 Å². The highest BCUT2D eigenvalue weighted by Gasteiger charge is 2.43. The number of nitrogens with one attached hydrogen (secondary N) is 1. The maximum Gasteiger partial charge on any atom is 0.315 e. The molecule has 0 amide bonds. The van der Waals surface area contributed by atoms with Gasteiger partial charge in [0.25, 0.3) is 0 Å². The topological polar surface area (TPSA) is 99.4 Å². The van der Waals surface area contributed by atoms with Crippen molar-refractivity contribution in [1.82, 2.24) is 0 Å². The Labute approximate surface area is 154 Å². The van der Waals surface area contributed by atoms with E-state index in [1.165, 1.54) is 0 Å². The van der Waals surface area contributed by atoms with Crippen molar-refractivity contribution in [1.29, 1.82) is 0 Å². The largest absolute Gasteiger partial charge is 0.677 e. The van der Waals surface area contributed by atoms with E-state index in [1.54, 1.807) is 0 Å². The molecule has 0 fully saturated rings. The van der Waals surface area contributed by atoms with Gasteiger partial charge in [-0.15, -0.1) is 0 Å². The summed E-state index contributed by atoms with van der Waals surface area (Å²) in [6.45, 7) is 20.9. The molecule has 5 N–H and O–H groups in total. The van der Waals surface area contributed by atoms with Gasteiger partial charge in [-0.1, -0.05) is 6.42 Å². The molecule has 0 aromatic carbocycles. The van der Waals surface area contributed by atoms with Crippen molar-refractivity contribution in [2.75, 3.05) is 19.7 Å². The number of rotatable bonds is 10. The average Bonchev–Trinajstić information content (AvgIpc) is 2.30. The van der Waals surface area contributed by atoms with Crippen LogP contribution in [0.25, 0.3) is 5.73 Å². The van der Waals surface area contributed by atoms with Crippen LogP contribution >= 0.6 is 0 Å². The van der Waals surface area contributed by atoms with Gasteiger partial charge >= 0.3 is 17.1 Å². The molecule has 0 aromatic rings. The highest BCUT2D eigenvalue weighted by atomic mass is 28.5. The summed E-state index contributed by atoms with van der Waals surface area (Å²) in [4.78, 5) is 0. The number of hydrogen-bond acceptors (Lipinski definition) is 4. The highest BCUT2D eigenvalue weighted by molar-refractivity contribution is 6.89. The van der Waals surface area contributed by atoms with Crippen LogP contribution in [0, 0.1) is 0 Å². The Bertz CT molecular complexity index is 334. The average molecular weight is 415 g/mol. The van der Waals surface area contributed by atoms with Crippen LogP contribution in [0.4, 0.5) is 0 Å². The van der Waals surface area contributed by atoms with Crippen LogP contribution in [-0.4, -0.2) is 58.6 Å². The first-order valence-electron chi connectivity index (χ1n) is 8.75. The molecule has 0 heterocycles. The Morgan fingerprint density at radius 1 is 0.833 bits per heavy atom. The van der Waals surface area contributed by atoms with Crippen LogP contribution in [0.1, 0.15) is 6.42 Å². The SMILES string of the molecule is C[Si](C)(C)O[Si](C)(C)O[Si](C)(CCC[NH-])O[Si](C)(C)C.[NH3+]CCO. The number of aliphatic hydroxyl groups is 1. The third kappa shape index (κ3) is 17.5. The Balaban J connectivity index is 0. The van der Waals surface area contributed by atoms with Gasteiger partial charge in [0.2, 0.25) is 0 Å². The fourth-order valence-electron chi connectivity index (χ4n) is 2.46. The molecule has 0 aromatic heterocycles. The molecule has 0 radical (unpaired) electrons. The summed E-state index contributed by atoms with van der Waals surface area (Å²) in [6.07, 6.45) is 0.852. The fourth-order valence-corrected chi connectivity index (χ4v) is 20.4. The summed E-state index contributed by atoms with van der Waals surface area (Å²) >= 11 is 0. The monoisotopic (exact) mass is 414 g/mol. The van der Waals surface area contributed by atoms with E-state index in [1.807, 2.05) is 0 Å². The quantitative estimate of drug-likeness (QED) is 0.536. The third-order valence-electron chi connectivity index (χ3n) is 2.50. The third-order valence-corrected chi connectivity index (χ3v) is 16.0. The van der Waals surface area contributed by atoms with Crippen molar-refractivity contribution in [2.24, 2.45) is 0 Å². The highest BCUT2D eigenvalue weighted by Crippen LogP contribution is 2.27. The molecule has 10 heteroatoms. The van der Waals surface area contributed by atoms with Crippen molar-refractivity contribution in [2.45, 2.75) is 71.4 Å². The van der Waals surface area contributed by atoms with Crippen LogP contribution in [0.5, 0.6) is 0 Å². The molecule has 6 nitrogen and oxygen atoms in total. The van der Waals surface area contributed by atoms with Crippen molar-refractivity contribution < 1.29 is 23.2 Å². The molecule has 0 rings (SSSR count). The lowest BCUT2D eigenvalue weighted by Crippen LogP contribution is -2.56. The second-order valence-corrected chi connectivity index (χ2v) is 25.0. The minimum Gasteiger partial charge on any atom is -0.677 e. The maximum absolute atomic E-state index is 7.81. The van der Waals surface area contributed by atoms with Gasteiger partial charge in [0.15, 0.2) is 16.6 Å². The lowest BCUT2D eigenvalue weighted by Gasteiger charge is -2.41. The smallest absolute Gasteiger partial charge is 0.315 e. The first-order chi connectivity index (χ1) is 10.6. The minimum absolute atomic E-state index is 0.208. The van der Waals surface area contributed by atoms with Gasteiger partial charge in [-0.2, -0.15) is 6.54 Å². The first kappa shape index (κ1) is 26.9. The molecular formula is C14H42N2O4Si4. The van der Waals surface area contributed by atoms with E-state index in [0.29, 0.717) is 13.1 Å². The molecule has 1 atom stereocenters. The molecule has 1 unspecified atom stereocenters. The summed E-state index contributed by atoms with van der Waals surface area (Å²) < 4.78 is 19.2. The molecule has 0 aliphatic heterocycles. The maximum atomic E-state index is 7.81. The Morgan fingerprint density at radius 2 is 1.25 bits per heavy atom. The van der Waals surface area contributed by atoms with Crippen LogP contribution < -0.4 is 5.73 Å². The second kappa shape index (κ2) is 11.4. The summed E-state index contributed by atoms with van der Waals surface area (Å²) in [5.41, 5.74) is 10.8. The number of quaternary nitrogens is 1. The van der Waals surface area contributed by atoms with Gasteiger partial charge in [0, 0.05) is 0 Å². The van der Waals surface area contributed by atoms with Crippen LogP contribution in [-0.2, 0) is 12.3 Å². The zero-order valence-corrected chi connectivity index (χ0v) is 21.4. The van der Waals surface area contributed by atoms with Crippen molar-refractivity contribution in [3.05, 3.63) is 5.73 Å². The normalized spacial score (nSPS) is 15.5. The van der Waals surface area contributed by atoms with Gasteiger partial charge in [0.1, 0.15) is 0 Å². The number of aliphatic hydroxyl groups excluding tert-OH is 1. The minimum atomic E-state index is -2.24. The molecule has 0 saturated heterocycles. The molecule has 0 aliphatic carbocycles. The molecule has 0 spiro atoms. The van der Waals surface area contributed by atoms with Crippen molar-refractivity contribution in [3.8, 4) is 0 Å². The van der Waals surface area contributed by atoms with E-state index in [2.05, 4.69) is 64.7 Å². The first-order valence-corrected chi connectivity index (χ1v) is 20.9. The van der Waals surface area contributed by atoms with Crippen molar-refractivity contribution in [3.63, 3.8) is 0 Å². The molecule has 24 heavy (non-hydrogen) atoms. The van der Waals surface area contributed by atoms with Crippen LogP contribution in [0.3, 0.4) is 0 Å². The standard InChI is InChI=1S/C12H34NO3Si4.C2H7NO/c1-17(2,3)14-19(7,8)16-20(9,12-10-11-13)15-18(4,5)6;3-1-2-4/h13H,10-12H2,1-9H3;4H,1-3H2/q-1;/p+1. The Kier molecular flexibility index (Phi) is 12.7. The van der Waals surface area contributed by atoms with E-state index in [4.69, 9.17) is 23.2 Å². The van der Waals surface area contributed by atoms with E-state index < -0.39 is 33.8 Å². The fraction of sp³-hybridized carbons (Fsp3) is 1.00. The molecular weight excluding hydrogens is 373 g/mol. The molecule has 148 valence electrons. The van der Waals surface area contributed by atoms with Gasteiger partial charge < -0.3 is 28.9 Å². The molecule has 0 saturated carbocycles. The summed E-state index contributed by atoms with van der Waals surface area (Å²) in [5.74, 6) is 0. The van der Waals surface area contributed by atoms with Gasteiger partial charge in [0.05, 0.1) is 13.2 Å². The Morgan fingerprint density at radius 3 is 1.54 bits per heavy atom. The predicted octanol–water partition coefficient (Wildman–Crippen LogP) is 3.14. The van der Waals surface area contributed by atoms with Crippen molar-refractivity contribution >= 4 is 33.8 Å². The van der Waals surface area contributed by atoms with Gasteiger partial charge in [-0.25, -0.2) is 0 Å². The van der Waals surface area contributed by atoms with E-state index in [9.17, 15) is 0 Å². The van der Waals surface area contributed by atoms with Crippen LogP contribution in [0.2, 0.25) is 65.0 Å².